The van der Waals surface area contributed by atoms with Crippen molar-refractivity contribution in [1.29, 1.82) is 0 Å². The first-order chi connectivity index (χ1) is 13.4. The number of sulfone groups is 1. The summed E-state index contributed by atoms with van der Waals surface area (Å²) in [4.78, 5) is 2.52. The molecule has 1 atom stereocenters. The summed E-state index contributed by atoms with van der Waals surface area (Å²) in [6, 6.07) is 17.3. The summed E-state index contributed by atoms with van der Waals surface area (Å²) in [7, 11) is -3.52. The molecule has 1 unspecified atom stereocenters. The van der Waals surface area contributed by atoms with Crippen LogP contribution in [0.4, 0.5) is 0 Å². The van der Waals surface area contributed by atoms with E-state index in [0.29, 0.717) is 23.7 Å². The first-order valence-electron chi connectivity index (χ1n) is 9.76. The number of halogens is 1. The van der Waals surface area contributed by atoms with Gasteiger partial charge in [-0.25, -0.2) is 8.42 Å². The Morgan fingerprint density at radius 1 is 1.11 bits per heavy atom. The molecule has 0 bridgehead atoms. The quantitative estimate of drug-likeness (QED) is 0.448. The number of nitrogens with zero attached hydrogens (tertiary/aromatic N) is 1. The molecule has 0 N–H and O–H groups in total. The van der Waals surface area contributed by atoms with Gasteiger partial charge in [0, 0.05) is 24.2 Å². The van der Waals surface area contributed by atoms with Crippen molar-refractivity contribution in [2.45, 2.75) is 57.5 Å². The molecule has 0 spiro atoms. The van der Waals surface area contributed by atoms with Crippen molar-refractivity contribution in [3.63, 3.8) is 0 Å². The summed E-state index contributed by atoms with van der Waals surface area (Å²) in [5.74, 6) is 0.538. The summed E-state index contributed by atoms with van der Waals surface area (Å²) in [5, 5.41) is 1.45. The van der Waals surface area contributed by atoms with E-state index in [1.165, 1.54) is 5.41 Å². The SMILES string of the molecule is CCC/C(=C\S(=O)(=O)c1ccc(C)cc1)N(Cc1ccccc1)C(C)CCCl. The topological polar surface area (TPSA) is 37.4 Å². The zero-order chi connectivity index (χ0) is 20.6. The number of benzene rings is 2. The molecule has 0 aliphatic carbocycles. The van der Waals surface area contributed by atoms with Gasteiger partial charge in [-0.15, -0.1) is 11.6 Å². The van der Waals surface area contributed by atoms with Crippen LogP contribution in [-0.2, 0) is 16.4 Å². The van der Waals surface area contributed by atoms with Crippen molar-refractivity contribution in [2.24, 2.45) is 0 Å². The molecule has 3 nitrogen and oxygen atoms in total. The maximum Gasteiger partial charge on any atom is 0.201 e. The fourth-order valence-corrected chi connectivity index (χ4v) is 4.71. The molecule has 28 heavy (non-hydrogen) atoms. The highest BCUT2D eigenvalue weighted by Crippen LogP contribution is 2.24. The summed E-state index contributed by atoms with van der Waals surface area (Å²) in [6.45, 7) is 6.78. The Hall–Kier alpha value is -1.78. The summed E-state index contributed by atoms with van der Waals surface area (Å²) < 4.78 is 26.1. The van der Waals surface area contributed by atoms with E-state index in [4.69, 9.17) is 11.6 Å². The van der Waals surface area contributed by atoms with Gasteiger partial charge in [-0.1, -0.05) is 61.4 Å². The lowest BCUT2D eigenvalue weighted by Crippen LogP contribution is -2.33. The van der Waals surface area contributed by atoms with Crippen molar-refractivity contribution < 1.29 is 8.42 Å². The van der Waals surface area contributed by atoms with E-state index in [2.05, 4.69) is 30.9 Å². The molecule has 0 heterocycles. The van der Waals surface area contributed by atoms with E-state index in [9.17, 15) is 8.42 Å². The second kappa shape index (κ2) is 10.7. The van der Waals surface area contributed by atoms with Crippen molar-refractivity contribution in [1.82, 2.24) is 4.90 Å². The van der Waals surface area contributed by atoms with E-state index in [-0.39, 0.29) is 6.04 Å². The normalized spacial score (nSPS) is 13.4. The third-order valence-electron chi connectivity index (χ3n) is 4.77. The van der Waals surface area contributed by atoms with Crippen molar-refractivity contribution in [3.8, 4) is 0 Å². The summed E-state index contributed by atoms with van der Waals surface area (Å²) in [6.07, 6.45) is 2.36. The monoisotopic (exact) mass is 419 g/mol. The fourth-order valence-electron chi connectivity index (χ4n) is 3.14. The molecule has 0 aromatic heterocycles. The smallest absolute Gasteiger partial charge is 0.201 e. The predicted octanol–water partition coefficient (Wildman–Crippen LogP) is 5.93. The van der Waals surface area contributed by atoms with E-state index in [1.807, 2.05) is 37.3 Å². The zero-order valence-corrected chi connectivity index (χ0v) is 18.5. The van der Waals surface area contributed by atoms with Crippen LogP contribution in [0.25, 0.3) is 0 Å². The minimum Gasteiger partial charge on any atom is -0.367 e. The Bertz CT molecular complexity index is 861. The number of alkyl halides is 1. The number of allylic oxidation sites excluding steroid dienone is 1. The van der Waals surface area contributed by atoms with Crippen LogP contribution in [0.3, 0.4) is 0 Å². The van der Waals surface area contributed by atoms with Crippen LogP contribution >= 0.6 is 11.6 Å². The van der Waals surface area contributed by atoms with E-state index >= 15 is 0 Å². The van der Waals surface area contributed by atoms with Crippen LogP contribution in [0.1, 0.15) is 44.2 Å². The molecular formula is C23H30ClNO2S. The largest absolute Gasteiger partial charge is 0.367 e. The molecule has 2 aromatic rings. The Balaban J connectivity index is 2.44. The highest BCUT2D eigenvalue weighted by molar-refractivity contribution is 7.94. The van der Waals surface area contributed by atoms with Gasteiger partial charge in [-0.2, -0.15) is 0 Å². The number of rotatable bonds is 10. The average Bonchev–Trinajstić information content (AvgIpc) is 2.67. The number of aryl methyl sites for hydroxylation is 1. The Kier molecular flexibility index (Phi) is 8.58. The predicted molar refractivity (Wildman–Crippen MR) is 118 cm³/mol. The van der Waals surface area contributed by atoms with Crippen molar-refractivity contribution in [3.05, 3.63) is 76.8 Å². The Morgan fingerprint density at radius 2 is 1.75 bits per heavy atom. The number of hydrogen-bond donors (Lipinski definition) is 0. The van der Waals surface area contributed by atoms with Gasteiger partial charge in [0.1, 0.15) is 0 Å². The molecule has 0 saturated heterocycles. The molecule has 0 aliphatic rings. The third kappa shape index (κ3) is 6.39. The molecule has 0 saturated carbocycles. The molecule has 2 rings (SSSR count). The minimum absolute atomic E-state index is 0.142. The molecule has 0 amide bonds. The number of hydrogen-bond acceptors (Lipinski definition) is 3. The zero-order valence-electron chi connectivity index (χ0n) is 16.9. The lowest BCUT2D eigenvalue weighted by Gasteiger charge is -2.33. The van der Waals surface area contributed by atoms with Crippen LogP contribution < -0.4 is 0 Å². The van der Waals surface area contributed by atoms with Gasteiger partial charge in [0.05, 0.1) is 10.3 Å². The van der Waals surface area contributed by atoms with Gasteiger partial charge in [-0.05, 0) is 44.4 Å². The third-order valence-corrected chi connectivity index (χ3v) is 6.50. The van der Waals surface area contributed by atoms with Crippen LogP contribution in [0.5, 0.6) is 0 Å². The first kappa shape index (κ1) is 22.5. The molecule has 5 heteroatoms. The van der Waals surface area contributed by atoms with Crippen LogP contribution in [0, 0.1) is 6.92 Å². The Labute approximate surface area is 175 Å². The molecule has 2 aromatic carbocycles. The van der Waals surface area contributed by atoms with Gasteiger partial charge >= 0.3 is 0 Å². The lowest BCUT2D eigenvalue weighted by atomic mass is 10.1. The standard InChI is InChI=1S/C23H30ClNO2S/c1-4-8-22(18-28(26,27)23-13-11-19(2)12-14-23)25(20(3)15-16-24)17-21-9-6-5-7-10-21/h5-7,9-14,18,20H,4,8,15-17H2,1-3H3/b22-18+. The molecule has 0 aliphatic heterocycles. The summed E-state index contributed by atoms with van der Waals surface area (Å²) >= 11 is 6.00. The molecule has 0 fully saturated rings. The lowest BCUT2D eigenvalue weighted by molar-refractivity contribution is 0.245. The van der Waals surface area contributed by atoms with Gasteiger partial charge in [0.25, 0.3) is 0 Å². The Morgan fingerprint density at radius 3 is 2.32 bits per heavy atom. The van der Waals surface area contributed by atoms with Crippen molar-refractivity contribution in [2.75, 3.05) is 5.88 Å². The maximum absolute atomic E-state index is 13.0. The van der Waals surface area contributed by atoms with Crippen molar-refractivity contribution >= 4 is 21.4 Å². The summed E-state index contributed by atoms with van der Waals surface area (Å²) in [5.41, 5.74) is 3.03. The maximum atomic E-state index is 13.0. The highest BCUT2D eigenvalue weighted by Gasteiger charge is 2.20. The van der Waals surface area contributed by atoms with Gasteiger partial charge < -0.3 is 4.90 Å². The van der Waals surface area contributed by atoms with E-state index < -0.39 is 9.84 Å². The van der Waals surface area contributed by atoms with Gasteiger partial charge in [-0.3, -0.25) is 0 Å². The first-order valence-corrected chi connectivity index (χ1v) is 11.8. The second-order valence-corrected chi connectivity index (χ2v) is 9.33. The fraction of sp³-hybridized carbons (Fsp3) is 0.391. The molecule has 0 radical (unpaired) electrons. The van der Waals surface area contributed by atoms with E-state index in [1.54, 1.807) is 12.1 Å². The highest BCUT2D eigenvalue weighted by atomic mass is 35.5. The van der Waals surface area contributed by atoms with Crippen LogP contribution in [0.15, 0.2) is 70.6 Å². The average molecular weight is 420 g/mol. The molecule has 152 valence electrons. The van der Waals surface area contributed by atoms with E-state index in [0.717, 1.165) is 29.7 Å². The van der Waals surface area contributed by atoms with Crippen LogP contribution in [-0.4, -0.2) is 25.2 Å². The second-order valence-electron chi connectivity index (χ2n) is 7.16. The molecular weight excluding hydrogens is 390 g/mol. The van der Waals surface area contributed by atoms with Gasteiger partial charge in [0.15, 0.2) is 0 Å². The minimum atomic E-state index is -3.52. The van der Waals surface area contributed by atoms with Crippen LogP contribution in [0.2, 0.25) is 0 Å². The van der Waals surface area contributed by atoms with Gasteiger partial charge in [0.2, 0.25) is 9.84 Å².